The van der Waals surface area contributed by atoms with Crippen molar-refractivity contribution in [1.82, 2.24) is 0 Å². The summed E-state index contributed by atoms with van der Waals surface area (Å²) in [5, 5.41) is 7.86. The van der Waals surface area contributed by atoms with Crippen LogP contribution in [0.25, 0.3) is 76.8 Å². The van der Waals surface area contributed by atoms with Gasteiger partial charge in [-0.05, 0) is 89.0 Å². The van der Waals surface area contributed by atoms with Crippen molar-refractivity contribution in [2.24, 2.45) is 0 Å². The Balaban J connectivity index is 1.63. The largest absolute Gasteiger partial charge is 0.0616 e. The van der Waals surface area contributed by atoms with Gasteiger partial charge in [-0.15, -0.1) is 0 Å². The molecule has 0 bridgehead atoms. The van der Waals surface area contributed by atoms with Crippen LogP contribution in [0.15, 0.2) is 133 Å². The lowest BCUT2D eigenvalue weighted by Crippen LogP contribution is -1.97. The molecule has 0 fully saturated rings. The van der Waals surface area contributed by atoms with Crippen LogP contribution >= 0.6 is 0 Å². The second-order valence-corrected chi connectivity index (χ2v) is 9.67. The third-order valence-corrected chi connectivity index (χ3v) is 7.82. The fourth-order valence-corrected chi connectivity index (χ4v) is 6.26. The summed E-state index contributed by atoms with van der Waals surface area (Å²) in [5.74, 6) is 0. The van der Waals surface area contributed by atoms with Crippen LogP contribution in [-0.2, 0) is 0 Å². The molecule has 0 spiro atoms. The van der Waals surface area contributed by atoms with Crippen molar-refractivity contribution in [2.75, 3.05) is 0 Å². The van der Waals surface area contributed by atoms with E-state index in [1.165, 1.54) is 76.8 Å². The SMILES string of the molecule is c1ccc2c(c1)-c1ccccc1-c1cc3c4ccccc4c4ccccc4c3cc1-c1ccccc1-2. The second-order valence-electron chi connectivity index (χ2n) is 9.67. The molecule has 0 amide bonds. The summed E-state index contributed by atoms with van der Waals surface area (Å²) in [6, 6.07) is 49.2. The molecule has 0 atom stereocenters. The lowest BCUT2D eigenvalue weighted by atomic mass is 9.79. The zero-order valence-electron chi connectivity index (χ0n) is 19.7. The Labute approximate surface area is 210 Å². The molecule has 36 heavy (non-hydrogen) atoms. The highest BCUT2D eigenvalue weighted by Gasteiger charge is 2.22. The molecular formula is C36H22. The first kappa shape index (κ1) is 19.6. The van der Waals surface area contributed by atoms with E-state index in [1.807, 2.05) is 0 Å². The van der Waals surface area contributed by atoms with Gasteiger partial charge in [-0.2, -0.15) is 0 Å². The quantitative estimate of drug-likeness (QED) is 0.200. The molecule has 0 heterocycles. The van der Waals surface area contributed by atoms with Crippen LogP contribution < -0.4 is 0 Å². The molecule has 0 radical (unpaired) electrons. The van der Waals surface area contributed by atoms with E-state index in [2.05, 4.69) is 133 Å². The molecule has 0 heteroatoms. The van der Waals surface area contributed by atoms with Crippen molar-refractivity contribution in [3.05, 3.63) is 133 Å². The van der Waals surface area contributed by atoms with Crippen LogP contribution in [0.1, 0.15) is 0 Å². The number of fused-ring (bicyclic) bond motifs is 14. The Bertz CT molecular complexity index is 1850. The maximum absolute atomic E-state index is 2.45. The monoisotopic (exact) mass is 454 g/mol. The van der Waals surface area contributed by atoms with Gasteiger partial charge >= 0.3 is 0 Å². The number of rotatable bonds is 0. The van der Waals surface area contributed by atoms with Crippen LogP contribution in [0.4, 0.5) is 0 Å². The van der Waals surface area contributed by atoms with Gasteiger partial charge < -0.3 is 0 Å². The molecule has 166 valence electrons. The molecule has 0 saturated heterocycles. The third kappa shape index (κ3) is 2.64. The van der Waals surface area contributed by atoms with Crippen molar-refractivity contribution in [3.63, 3.8) is 0 Å². The number of benzene rings is 7. The highest BCUT2D eigenvalue weighted by atomic mass is 14.3. The first-order valence-electron chi connectivity index (χ1n) is 12.5. The summed E-state index contributed by atoms with van der Waals surface area (Å²) in [5.41, 5.74) is 10.3. The molecule has 0 aliphatic heterocycles. The average Bonchev–Trinajstić information content (AvgIpc) is 2.96. The lowest BCUT2D eigenvalue weighted by molar-refractivity contribution is 1.53. The summed E-state index contributed by atoms with van der Waals surface area (Å²) in [6.45, 7) is 0. The highest BCUT2D eigenvalue weighted by molar-refractivity contribution is 6.27. The molecule has 1 aliphatic carbocycles. The summed E-state index contributed by atoms with van der Waals surface area (Å²) >= 11 is 0. The average molecular weight is 455 g/mol. The van der Waals surface area contributed by atoms with Crippen LogP contribution in [0.5, 0.6) is 0 Å². The van der Waals surface area contributed by atoms with Gasteiger partial charge in [0.2, 0.25) is 0 Å². The zero-order valence-corrected chi connectivity index (χ0v) is 19.7. The lowest BCUT2D eigenvalue weighted by Gasteiger charge is -2.24. The van der Waals surface area contributed by atoms with Crippen molar-refractivity contribution < 1.29 is 0 Å². The Morgan fingerprint density at radius 2 is 0.417 bits per heavy atom. The third-order valence-electron chi connectivity index (χ3n) is 7.82. The van der Waals surface area contributed by atoms with E-state index in [0.29, 0.717) is 0 Å². The number of hydrogen-bond acceptors (Lipinski definition) is 0. The van der Waals surface area contributed by atoms with Crippen LogP contribution in [0.2, 0.25) is 0 Å². The molecule has 0 N–H and O–H groups in total. The topological polar surface area (TPSA) is 0 Å². The molecule has 8 rings (SSSR count). The van der Waals surface area contributed by atoms with Gasteiger partial charge in [-0.3, -0.25) is 0 Å². The number of hydrogen-bond donors (Lipinski definition) is 0. The molecule has 7 aromatic rings. The minimum atomic E-state index is 1.29. The standard InChI is InChI=1S/C36H22/c1-2-12-24-23(11-1)25-13-3-7-17-29(25)33-21-35-31-19-9-5-15-27(31)28-16-6-10-20-32(28)36(35)22-34(33)30-18-8-4-14-26(24)30/h1-22H. The van der Waals surface area contributed by atoms with Crippen LogP contribution in [0, 0.1) is 0 Å². The van der Waals surface area contributed by atoms with Crippen LogP contribution in [0.3, 0.4) is 0 Å². The molecule has 0 nitrogen and oxygen atoms in total. The van der Waals surface area contributed by atoms with Gasteiger partial charge in [0.1, 0.15) is 0 Å². The minimum absolute atomic E-state index is 1.29. The Morgan fingerprint density at radius 3 is 0.722 bits per heavy atom. The Morgan fingerprint density at radius 1 is 0.194 bits per heavy atom. The molecule has 1 aliphatic rings. The molecule has 7 aromatic carbocycles. The van der Waals surface area contributed by atoms with Crippen molar-refractivity contribution in [2.45, 2.75) is 0 Å². The van der Waals surface area contributed by atoms with Crippen molar-refractivity contribution in [3.8, 4) is 44.5 Å². The molecule has 0 aromatic heterocycles. The van der Waals surface area contributed by atoms with Gasteiger partial charge in [0.05, 0.1) is 0 Å². The van der Waals surface area contributed by atoms with Gasteiger partial charge in [-0.25, -0.2) is 0 Å². The van der Waals surface area contributed by atoms with E-state index < -0.39 is 0 Å². The summed E-state index contributed by atoms with van der Waals surface area (Å²) < 4.78 is 0. The summed E-state index contributed by atoms with van der Waals surface area (Å²) in [6.07, 6.45) is 0. The predicted molar refractivity (Wildman–Crippen MR) is 154 cm³/mol. The summed E-state index contributed by atoms with van der Waals surface area (Å²) in [4.78, 5) is 0. The first-order chi connectivity index (χ1) is 17.9. The van der Waals surface area contributed by atoms with Gasteiger partial charge in [0.25, 0.3) is 0 Å². The maximum atomic E-state index is 2.45. The highest BCUT2D eigenvalue weighted by Crippen LogP contribution is 2.49. The smallest absolute Gasteiger partial charge is 0.00923 e. The van der Waals surface area contributed by atoms with E-state index in [0.717, 1.165) is 0 Å². The first-order valence-corrected chi connectivity index (χ1v) is 12.5. The zero-order chi connectivity index (χ0) is 23.6. The van der Waals surface area contributed by atoms with Crippen molar-refractivity contribution in [1.29, 1.82) is 0 Å². The maximum Gasteiger partial charge on any atom is -0.00923 e. The van der Waals surface area contributed by atoms with E-state index in [-0.39, 0.29) is 0 Å². The van der Waals surface area contributed by atoms with E-state index in [9.17, 15) is 0 Å². The Hall–Kier alpha value is -4.68. The fourth-order valence-electron chi connectivity index (χ4n) is 6.26. The van der Waals surface area contributed by atoms with Crippen molar-refractivity contribution >= 4 is 32.3 Å². The molecule has 0 unspecified atom stereocenters. The van der Waals surface area contributed by atoms with Gasteiger partial charge in [-0.1, -0.05) is 121 Å². The predicted octanol–water partition coefficient (Wildman–Crippen LogP) is 10.1. The van der Waals surface area contributed by atoms with Gasteiger partial charge in [0.15, 0.2) is 0 Å². The van der Waals surface area contributed by atoms with E-state index in [4.69, 9.17) is 0 Å². The molecule has 0 saturated carbocycles. The fraction of sp³-hybridized carbons (Fsp3) is 0. The summed E-state index contributed by atoms with van der Waals surface area (Å²) in [7, 11) is 0. The van der Waals surface area contributed by atoms with Crippen LogP contribution in [-0.4, -0.2) is 0 Å². The Kier molecular flexibility index (Phi) is 4.03. The van der Waals surface area contributed by atoms with Gasteiger partial charge in [0, 0.05) is 0 Å². The van der Waals surface area contributed by atoms with E-state index >= 15 is 0 Å². The molecular weight excluding hydrogens is 432 g/mol. The minimum Gasteiger partial charge on any atom is -0.0616 e. The normalized spacial score (nSPS) is 11.9. The van der Waals surface area contributed by atoms with E-state index in [1.54, 1.807) is 0 Å². The second kappa shape index (κ2) is 7.41.